The fraction of sp³-hybridized carbons (Fsp3) is 0.370. The number of imide groups is 1. The zero-order valence-corrected chi connectivity index (χ0v) is 21.9. The molecular weight excluding hydrogens is 464 g/mol. The molecule has 0 unspecified atom stereocenters. The van der Waals surface area contributed by atoms with E-state index in [1.54, 1.807) is 18.2 Å². The summed E-state index contributed by atoms with van der Waals surface area (Å²) in [6, 6.07) is 9.33. The number of amides is 3. The Balaban J connectivity index is 1.74. The van der Waals surface area contributed by atoms with E-state index in [4.69, 9.17) is 9.47 Å². The molecule has 3 rings (SSSR count). The van der Waals surface area contributed by atoms with Crippen LogP contribution in [0.4, 0.5) is 10.5 Å². The molecule has 8 heteroatoms. The summed E-state index contributed by atoms with van der Waals surface area (Å²) in [6.45, 7) is 12.5. The van der Waals surface area contributed by atoms with E-state index < -0.39 is 17.1 Å². The molecule has 0 atom stereocenters. The van der Waals surface area contributed by atoms with Crippen molar-refractivity contribution in [1.29, 1.82) is 0 Å². The van der Waals surface area contributed by atoms with Crippen LogP contribution in [0.15, 0.2) is 35.2 Å². The summed E-state index contributed by atoms with van der Waals surface area (Å²) in [4.78, 5) is 39.3. The van der Waals surface area contributed by atoms with Crippen LogP contribution in [0.2, 0.25) is 0 Å². The first kappa shape index (κ1) is 26.3. The SMILES string of the molecule is CCOc1cc(/C=C2\SC(=O)N(CC(=O)Nc3c(C)cc(C)cc3C)C2=O)ccc1OCC(C)C. The van der Waals surface area contributed by atoms with Crippen molar-refractivity contribution in [2.75, 3.05) is 25.1 Å². The second-order valence-electron chi connectivity index (χ2n) is 8.93. The standard InChI is InChI=1S/C27H32N2O5S/c1-7-33-22-12-20(8-9-21(22)34-15-16(2)3)13-23-26(31)29(27(32)35-23)14-24(30)28-25-18(5)10-17(4)11-19(25)6/h8-13,16H,7,14-15H2,1-6H3,(H,28,30)/b23-13-. The molecule has 7 nitrogen and oxygen atoms in total. The van der Waals surface area contributed by atoms with Crippen molar-refractivity contribution in [3.8, 4) is 11.5 Å². The van der Waals surface area contributed by atoms with Crippen LogP contribution in [0.1, 0.15) is 43.0 Å². The molecule has 1 aliphatic rings. The van der Waals surface area contributed by atoms with E-state index in [0.29, 0.717) is 41.9 Å². The van der Waals surface area contributed by atoms with Gasteiger partial charge < -0.3 is 14.8 Å². The Morgan fingerprint density at radius 2 is 1.74 bits per heavy atom. The molecule has 1 N–H and O–H groups in total. The number of anilines is 1. The van der Waals surface area contributed by atoms with Gasteiger partial charge in [-0.2, -0.15) is 0 Å². The Labute approximate surface area is 210 Å². The average molecular weight is 497 g/mol. The van der Waals surface area contributed by atoms with Gasteiger partial charge in [0.15, 0.2) is 11.5 Å². The highest BCUT2D eigenvalue weighted by molar-refractivity contribution is 8.18. The zero-order valence-electron chi connectivity index (χ0n) is 21.1. The molecule has 0 aromatic heterocycles. The third kappa shape index (κ3) is 6.66. The summed E-state index contributed by atoms with van der Waals surface area (Å²) >= 11 is 0.817. The first-order valence-corrected chi connectivity index (χ1v) is 12.4. The number of aryl methyl sites for hydroxylation is 3. The van der Waals surface area contributed by atoms with E-state index in [9.17, 15) is 14.4 Å². The average Bonchev–Trinajstić information content (AvgIpc) is 3.03. The van der Waals surface area contributed by atoms with Crippen LogP contribution in [-0.4, -0.2) is 41.7 Å². The van der Waals surface area contributed by atoms with Gasteiger partial charge in [-0.15, -0.1) is 0 Å². The van der Waals surface area contributed by atoms with Crippen LogP contribution >= 0.6 is 11.8 Å². The molecule has 35 heavy (non-hydrogen) atoms. The minimum Gasteiger partial charge on any atom is -0.490 e. The second kappa shape index (κ2) is 11.4. The van der Waals surface area contributed by atoms with Gasteiger partial charge >= 0.3 is 0 Å². The van der Waals surface area contributed by atoms with Crippen LogP contribution in [-0.2, 0) is 9.59 Å². The van der Waals surface area contributed by atoms with Gasteiger partial charge in [0.1, 0.15) is 6.54 Å². The van der Waals surface area contributed by atoms with Crippen LogP contribution in [0.3, 0.4) is 0 Å². The largest absolute Gasteiger partial charge is 0.490 e. The van der Waals surface area contributed by atoms with Crippen LogP contribution in [0, 0.1) is 26.7 Å². The minimum atomic E-state index is -0.495. The molecule has 0 aliphatic carbocycles. The Morgan fingerprint density at radius 1 is 1.06 bits per heavy atom. The first-order valence-electron chi connectivity index (χ1n) is 11.6. The number of nitrogens with zero attached hydrogens (tertiary/aromatic N) is 1. The Morgan fingerprint density at radius 3 is 2.37 bits per heavy atom. The molecule has 3 amide bonds. The summed E-state index contributed by atoms with van der Waals surface area (Å²) in [7, 11) is 0. The van der Waals surface area contributed by atoms with Crippen molar-refractivity contribution in [3.63, 3.8) is 0 Å². The Kier molecular flexibility index (Phi) is 8.62. The van der Waals surface area contributed by atoms with Crippen LogP contribution < -0.4 is 14.8 Å². The highest BCUT2D eigenvalue weighted by atomic mass is 32.2. The maximum Gasteiger partial charge on any atom is 0.294 e. The predicted molar refractivity (Wildman–Crippen MR) is 140 cm³/mol. The normalized spacial score (nSPS) is 14.7. The lowest BCUT2D eigenvalue weighted by Gasteiger charge is -2.16. The molecule has 1 aliphatic heterocycles. The topological polar surface area (TPSA) is 84.9 Å². The number of rotatable bonds is 9. The number of carbonyl (C=O) groups excluding carboxylic acids is 3. The van der Waals surface area contributed by atoms with Crippen molar-refractivity contribution in [1.82, 2.24) is 4.90 Å². The Bertz CT molecular complexity index is 1150. The van der Waals surface area contributed by atoms with Gasteiger partial charge in [0.05, 0.1) is 18.1 Å². The van der Waals surface area contributed by atoms with E-state index in [1.165, 1.54) is 0 Å². The number of hydrogen-bond donors (Lipinski definition) is 1. The molecule has 2 aromatic rings. The third-order valence-electron chi connectivity index (χ3n) is 5.25. The van der Waals surface area contributed by atoms with Gasteiger partial charge in [0.25, 0.3) is 11.1 Å². The molecule has 2 aromatic carbocycles. The molecule has 0 bridgehead atoms. The zero-order chi connectivity index (χ0) is 25.7. The van der Waals surface area contributed by atoms with Crippen molar-refractivity contribution >= 4 is 40.6 Å². The van der Waals surface area contributed by atoms with Gasteiger partial charge in [-0.05, 0) is 80.3 Å². The maximum atomic E-state index is 12.9. The highest BCUT2D eigenvalue weighted by Gasteiger charge is 2.36. The second-order valence-corrected chi connectivity index (χ2v) is 9.93. The maximum absolute atomic E-state index is 12.9. The fourth-order valence-corrected chi connectivity index (χ4v) is 4.58. The number of thioether (sulfide) groups is 1. The van der Waals surface area contributed by atoms with E-state index in [2.05, 4.69) is 19.2 Å². The lowest BCUT2D eigenvalue weighted by molar-refractivity contribution is -0.127. The molecular formula is C27H32N2O5S. The number of hydrogen-bond acceptors (Lipinski definition) is 6. The summed E-state index contributed by atoms with van der Waals surface area (Å²) in [6.07, 6.45) is 1.63. The van der Waals surface area contributed by atoms with Gasteiger partial charge in [-0.1, -0.05) is 37.6 Å². The molecule has 1 saturated heterocycles. The number of benzene rings is 2. The number of nitrogens with one attached hydrogen (secondary N) is 1. The molecule has 0 saturated carbocycles. The van der Waals surface area contributed by atoms with Crippen LogP contribution in [0.25, 0.3) is 6.08 Å². The first-order chi connectivity index (χ1) is 16.6. The lowest BCUT2D eigenvalue weighted by atomic mass is 10.1. The summed E-state index contributed by atoms with van der Waals surface area (Å²) in [5.41, 5.74) is 4.35. The van der Waals surface area contributed by atoms with Crippen molar-refractivity contribution in [3.05, 3.63) is 57.5 Å². The molecule has 0 spiro atoms. The van der Waals surface area contributed by atoms with E-state index in [1.807, 2.05) is 45.9 Å². The van der Waals surface area contributed by atoms with E-state index >= 15 is 0 Å². The van der Waals surface area contributed by atoms with Crippen molar-refractivity contribution in [2.45, 2.75) is 41.5 Å². The quantitative estimate of drug-likeness (QED) is 0.447. The van der Waals surface area contributed by atoms with E-state index in [-0.39, 0.29) is 11.4 Å². The molecule has 0 radical (unpaired) electrons. The fourth-order valence-electron chi connectivity index (χ4n) is 3.75. The minimum absolute atomic E-state index is 0.254. The summed E-state index contributed by atoms with van der Waals surface area (Å²) < 4.78 is 11.5. The number of ether oxygens (including phenoxy) is 2. The van der Waals surface area contributed by atoms with Crippen LogP contribution in [0.5, 0.6) is 11.5 Å². The van der Waals surface area contributed by atoms with Crippen molar-refractivity contribution < 1.29 is 23.9 Å². The van der Waals surface area contributed by atoms with Gasteiger partial charge in [0.2, 0.25) is 5.91 Å². The summed E-state index contributed by atoms with van der Waals surface area (Å²) in [5.74, 6) is 0.653. The predicted octanol–water partition coefficient (Wildman–Crippen LogP) is 5.72. The molecule has 1 heterocycles. The third-order valence-corrected chi connectivity index (χ3v) is 6.16. The lowest BCUT2D eigenvalue weighted by Crippen LogP contribution is -2.36. The Hall–Kier alpha value is -3.26. The molecule has 186 valence electrons. The monoisotopic (exact) mass is 496 g/mol. The van der Waals surface area contributed by atoms with Gasteiger partial charge in [-0.25, -0.2) is 0 Å². The highest BCUT2D eigenvalue weighted by Crippen LogP contribution is 2.35. The van der Waals surface area contributed by atoms with Gasteiger partial charge in [0, 0.05) is 5.69 Å². The van der Waals surface area contributed by atoms with Gasteiger partial charge in [-0.3, -0.25) is 19.3 Å². The molecule has 1 fully saturated rings. The number of carbonyl (C=O) groups is 3. The van der Waals surface area contributed by atoms with E-state index in [0.717, 1.165) is 33.4 Å². The smallest absolute Gasteiger partial charge is 0.294 e. The van der Waals surface area contributed by atoms with Crippen molar-refractivity contribution in [2.24, 2.45) is 5.92 Å². The summed E-state index contributed by atoms with van der Waals surface area (Å²) in [5, 5.41) is 2.37.